The van der Waals surface area contributed by atoms with Crippen LogP contribution in [0.25, 0.3) is 0 Å². The number of hydrogen-bond donors (Lipinski definition) is 0. The molecule has 0 aromatic carbocycles. The summed E-state index contributed by atoms with van der Waals surface area (Å²) < 4.78 is 24.0. The zero-order valence-corrected chi connectivity index (χ0v) is 10.5. The number of ketones is 1. The Balaban J connectivity index is 1.86. The van der Waals surface area contributed by atoms with Crippen LogP contribution in [0.5, 0.6) is 0 Å². The summed E-state index contributed by atoms with van der Waals surface area (Å²) in [6.07, 6.45) is 6.85. The second-order valence-electron chi connectivity index (χ2n) is 5.12. The van der Waals surface area contributed by atoms with Crippen molar-refractivity contribution in [1.29, 1.82) is 0 Å². The molecule has 0 radical (unpaired) electrons. The summed E-state index contributed by atoms with van der Waals surface area (Å²) in [6, 6.07) is 0. The highest BCUT2D eigenvalue weighted by Crippen LogP contribution is 2.29. The fourth-order valence-corrected chi connectivity index (χ4v) is 4.91. The SMILES string of the molecule is O=C1CCCC1CCS(=O)(=O)C1CCCC1. The predicted octanol–water partition coefficient (Wildman–Crippen LogP) is 2.10. The van der Waals surface area contributed by atoms with Gasteiger partial charge in [0.05, 0.1) is 11.0 Å². The molecule has 0 bridgehead atoms. The zero-order valence-electron chi connectivity index (χ0n) is 9.65. The lowest BCUT2D eigenvalue weighted by Gasteiger charge is -2.12. The highest BCUT2D eigenvalue weighted by atomic mass is 32.2. The highest BCUT2D eigenvalue weighted by Gasteiger charge is 2.31. The van der Waals surface area contributed by atoms with Crippen molar-refractivity contribution < 1.29 is 13.2 Å². The van der Waals surface area contributed by atoms with Gasteiger partial charge in [-0.3, -0.25) is 4.79 Å². The van der Waals surface area contributed by atoms with Crippen LogP contribution >= 0.6 is 0 Å². The summed E-state index contributed by atoms with van der Waals surface area (Å²) >= 11 is 0. The lowest BCUT2D eigenvalue weighted by atomic mass is 10.1. The Kier molecular flexibility index (Phi) is 3.67. The topological polar surface area (TPSA) is 51.2 Å². The highest BCUT2D eigenvalue weighted by molar-refractivity contribution is 7.92. The van der Waals surface area contributed by atoms with Crippen molar-refractivity contribution in [3.8, 4) is 0 Å². The van der Waals surface area contributed by atoms with E-state index in [0.717, 1.165) is 38.5 Å². The number of rotatable bonds is 4. The smallest absolute Gasteiger partial charge is 0.153 e. The minimum Gasteiger partial charge on any atom is -0.299 e. The van der Waals surface area contributed by atoms with E-state index in [4.69, 9.17) is 0 Å². The van der Waals surface area contributed by atoms with Gasteiger partial charge in [-0.15, -0.1) is 0 Å². The molecular weight excluding hydrogens is 224 g/mol. The normalized spacial score (nSPS) is 27.8. The first kappa shape index (κ1) is 12.1. The predicted molar refractivity (Wildman–Crippen MR) is 63.0 cm³/mol. The van der Waals surface area contributed by atoms with E-state index >= 15 is 0 Å². The molecule has 4 heteroatoms. The van der Waals surface area contributed by atoms with Crippen LogP contribution in [0.1, 0.15) is 51.4 Å². The Hall–Kier alpha value is -0.380. The maximum absolute atomic E-state index is 12.0. The van der Waals surface area contributed by atoms with E-state index in [1.165, 1.54) is 0 Å². The number of Topliss-reactive ketones (excluding diaryl/α,β-unsaturated/α-hetero) is 1. The molecule has 3 nitrogen and oxygen atoms in total. The fraction of sp³-hybridized carbons (Fsp3) is 0.917. The summed E-state index contributed by atoms with van der Waals surface area (Å²) in [6.45, 7) is 0. The first-order valence-electron chi connectivity index (χ1n) is 6.34. The molecule has 0 aliphatic heterocycles. The molecule has 0 aromatic rings. The molecule has 2 saturated carbocycles. The van der Waals surface area contributed by atoms with Crippen LogP contribution < -0.4 is 0 Å². The van der Waals surface area contributed by atoms with Crippen LogP contribution in [-0.2, 0) is 14.6 Å². The Morgan fingerprint density at radius 2 is 1.75 bits per heavy atom. The minimum absolute atomic E-state index is 0.0381. The van der Waals surface area contributed by atoms with E-state index in [9.17, 15) is 13.2 Å². The molecule has 0 heterocycles. The van der Waals surface area contributed by atoms with E-state index in [1.807, 2.05) is 0 Å². The van der Waals surface area contributed by atoms with E-state index < -0.39 is 9.84 Å². The van der Waals surface area contributed by atoms with E-state index in [1.54, 1.807) is 0 Å². The van der Waals surface area contributed by atoms with Gasteiger partial charge in [0.1, 0.15) is 5.78 Å². The van der Waals surface area contributed by atoms with E-state index in [-0.39, 0.29) is 22.7 Å². The molecule has 2 rings (SSSR count). The molecular formula is C12H20O3S. The van der Waals surface area contributed by atoms with Gasteiger partial charge in [0, 0.05) is 12.3 Å². The van der Waals surface area contributed by atoms with Crippen molar-refractivity contribution in [2.24, 2.45) is 5.92 Å². The van der Waals surface area contributed by atoms with Gasteiger partial charge in [0.15, 0.2) is 9.84 Å². The summed E-state index contributed by atoms with van der Waals surface area (Å²) in [5.74, 6) is 0.548. The minimum atomic E-state index is -2.92. The molecule has 2 aliphatic carbocycles. The van der Waals surface area contributed by atoms with Crippen molar-refractivity contribution in [2.75, 3.05) is 5.75 Å². The Morgan fingerprint density at radius 1 is 1.06 bits per heavy atom. The molecule has 1 unspecified atom stereocenters. The molecule has 16 heavy (non-hydrogen) atoms. The maximum atomic E-state index is 12.0. The average molecular weight is 244 g/mol. The van der Waals surface area contributed by atoms with Crippen molar-refractivity contribution in [3.63, 3.8) is 0 Å². The molecule has 0 saturated heterocycles. The lowest BCUT2D eigenvalue weighted by Crippen LogP contribution is -2.23. The second kappa shape index (κ2) is 4.86. The monoisotopic (exact) mass is 244 g/mol. The van der Waals surface area contributed by atoms with Gasteiger partial charge in [-0.1, -0.05) is 12.8 Å². The van der Waals surface area contributed by atoms with Crippen molar-refractivity contribution in [3.05, 3.63) is 0 Å². The van der Waals surface area contributed by atoms with Gasteiger partial charge in [-0.25, -0.2) is 8.42 Å². The third-order valence-electron chi connectivity index (χ3n) is 3.99. The summed E-state index contributed by atoms with van der Waals surface area (Å²) in [7, 11) is -2.92. The molecule has 0 N–H and O–H groups in total. The van der Waals surface area contributed by atoms with Crippen LogP contribution in [0.4, 0.5) is 0 Å². The number of carbonyl (C=O) groups excluding carboxylic acids is 1. The zero-order chi connectivity index (χ0) is 11.6. The summed E-state index contributed by atoms with van der Waals surface area (Å²) in [5, 5.41) is -0.107. The Labute approximate surface area is 97.5 Å². The third-order valence-corrected chi connectivity index (χ3v) is 6.28. The number of carbonyl (C=O) groups is 1. The summed E-state index contributed by atoms with van der Waals surface area (Å²) in [4.78, 5) is 11.4. The van der Waals surface area contributed by atoms with Gasteiger partial charge < -0.3 is 0 Å². The maximum Gasteiger partial charge on any atom is 0.153 e. The van der Waals surface area contributed by atoms with Gasteiger partial charge >= 0.3 is 0 Å². The molecule has 0 spiro atoms. The quantitative estimate of drug-likeness (QED) is 0.761. The Morgan fingerprint density at radius 3 is 2.31 bits per heavy atom. The summed E-state index contributed by atoms with van der Waals surface area (Å²) in [5.41, 5.74) is 0. The van der Waals surface area contributed by atoms with Gasteiger partial charge in [-0.05, 0) is 32.1 Å². The molecule has 0 aromatic heterocycles. The average Bonchev–Trinajstić information content (AvgIpc) is 2.85. The van der Waals surface area contributed by atoms with Crippen LogP contribution in [0.15, 0.2) is 0 Å². The van der Waals surface area contributed by atoms with Crippen molar-refractivity contribution in [1.82, 2.24) is 0 Å². The van der Waals surface area contributed by atoms with E-state index in [0.29, 0.717) is 12.8 Å². The van der Waals surface area contributed by atoms with Crippen LogP contribution in [-0.4, -0.2) is 25.2 Å². The molecule has 0 amide bonds. The standard InChI is InChI=1S/C12H20O3S/c13-12-7-3-4-10(12)8-9-16(14,15)11-5-1-2-6-11/h10-11H,1-9H2. The fourth-order valence-electron chi connectivity index (χ4n) is 2.91. The first-order chi connectivity index (χ1) is 7.59. The van der Waals surface area contributed by atoms with Gasteiger partial charge in [-0.2, -0.15) is 0 Å². The number of sulfone groups is 1. The van der Waals surface area contributed by atoms with E-state index in [2.05, 4.69) is 0 Å². The Bertz CT molecular complexity index is 352. The molecule has 1 atom stereocenters. The van der Waals surface area contributed by atoms with Gasteiger partial charge in [0.25, 0.3) is 0 Å². The second-order valence-corrected chi connectivity index (χ2v) is 7.52. The molecule has 92 valence electrons. The number of hydrogen-bond acceptors (Lipinski definition) is 3. The van der Waals surface area contributed by atoms with Crippen LogP contribution in [0, 0.1) is 5.92 Å². The van der Waals surface area contributed by atoms with Crippen molar-refractivity contribution >= 4 is 15.6 Å². The van der Waals surface area contributed by atoms with Gasteiger partial charge in [0.2, 0.25) is 0 Å². The molecule has 2 fully saturated rings. The molecule has 2 aliphatic rings. The lowest BCUT2D eigenvalue weighted by molar-refractivity contribution is -0.120. The first-order valence-corrected chi connectivity index (χ1v) is 8.05. The third kappa shape index (κ3) is 2.65. The largest absolute Gasteiger partial charge is 0.299 e. The van der Waals surface area contributed by atoms with Crippen molar-refractivity contribution in [2.45, 2.75) is 56.6 Å². The van der Waals surface area contributed by atoms with Crippen LogP contribution in [0.3, 0.4) is 0 Å². The van der Waals surface area contributed by atoms with Crippen LogP contribution in [0.2, 0.25) is 0 Å².